The maximum atomic E-state index is 9.62. The molecular weight excluding hydrogens is 669 g/mol. The summed E-state index contributed by atoms with van der Waals surface area (Å²) in [5.74, 6) is 4.83. The van der Waals surface area contributed by atoms with E-state index < -0.39 is 0 Å². The molecule has 4 bridgehead atoms. The van der Waals surface area contributed by atoms with Gasteiger partial charge < -0.3 is 0 Å². The van der Waals surface area contributed by atoms with Crippen molar-refractivity contribution >= 4 is 0 Å². The second kappa shape index (κ2) is 12.7. The van der Waals surface area contributed by atoms with Gasteiger partial charge in [0.05, 0.1) is 11.6 Å². The van der Waals surface area contributed by atoms with Crippen LogP contribution in [0.5, 0.6) is 0 Å². The van der Waals surface area contributed by atoms with Crippen LogP contribution in [0.2, 0.25) is 0 Å². The largest absolute Gasteiger partial charge is 0.208 e. The zero-order valence-corrected chi connectivity index (χ0v) is 30.7. The zero-order valence-electron chi connectivity index (χ0n) is 30.7. The Balaban J connectivity index is 0.968. The van der Waals surface area contributed by atoms with Crippen molar-refractivity contribution in [3.63, 3.8) is 0 Å². The van der Waals surface area contributed by atoms with Crippen LogP contribution < -0.4 is 0 Å². The Hall–Kier alpha value is -6.18. The number of hydrogen-bond acceptors (Lipinski definition) is 4. The predicted molar refractivity (Wildman–Crippen MR) is 219 cm³/mol. The fourth-order valence-electron chi connectivity index (χ4n) is 11.2. The summed E-state index contributed by atoms with van der Waals surface area (Å²) in [4.78, 5) is 15.4. The highest BCUT2D eigenvalue weighted by Gasteiger charge is 2.51. The smallest absolute Gasteiger partial charge is 0.164 e. The van der Waals surface area contributed by atoms with E-state index in [1.54, 1.807) is 5.56 Å². The Morgan fingerprint density at radius 1 is 0.473 bits per heavy atom. The first-order valence-corrected chi connectivity index (χ1v) is 19.9. The van der Waals surface area contributed by atoms with Crippen LogP contribution in [0.15, 0.2) is 146 Å². The first kappa shape index (κ1) is 32.3. The van der Waals surface area contributed by atoms with Crippen molar-refractivity contribution in [1.29, 1.82) is 5.26 Å². The minimum Gasteiger partial charge on any atom is -0.208 e. The van der Waals surface area contributed by atoms with Gasteiger partial charge in [-0.3, -0.25) is 0 Å². The molecule has 0 N–H and O–H groups in total. The lowest BCUT2D eigenvalue weighted by Crippen LogP contribution is -2.48. The van der Waals surface area contributed by atoms with Gasteiger partial charge in [0.1, 0.15) is 0 Å². The molecule has 0 radical (unpaired) electrons. The molecule has 1 aromatic heterocycles. The van der Waals surface area contributed by atoms with Gasteiger partial charge in [0, 0.05) is 22.6 Å². The summed E-state index contributed by atoms with van der Waals surface area (Å²) in [7, 11) is 0. The average molecular weight is 709 g/mol. The molecule has 4 saturated carbocycles. The van der Waals surface area contributed by atoms with Gasteiger partial charge in [-0.2, -0.15) is 5.26 Å². The summed E-state index contributed by atoms with van der Waals surface area (Å²) in [5.41, 5.74) is 13.8. The number of aromatic nitrogens is 3. The Kier molecular flexibility index (Phi) is 7.46. The lowest BCUT2D eigenvalue weighted by molar-refractivity contribution is -0.00518. The molecular formula is C51H40N4. The number of benzene rings is 6. The van der Waals surface area contributed by atoms with E-state index >= 15 is 0 Å². The highest BCUT2D eigenvalue weighted by atomic mass is 15.0. The molecule has 12 rings (SSSR count). The van der Waals surface area contributed by atoms with Gasteiger partial charge in [-0.05, 0) is 118 Å². The van der Waals surface area contributed by atoms with E-state index in [4.69, 9.17) is 15.0 Å². The number of nitriles is 1. The van der Waals surface area contributed by atoms with Crippen LogP contribution in [-0.4, -0.2) is 15.0 Å². The normalized spacial score (nSPS) is 22.9. The summed E-state index contributed by atoms with van der Waals surface area (Å²) in [6.45, 7) is 0. The lowest BCUT2D eigenvalue weighted by atomic mass is 9.48. The number of fused-ring (bicyclic) bond motifs is 3. The quantitative estimate of drug-likeness (QED) is 0.172. The van der Waals surface area contributed by atoms with Crippen LogP contribution in [0.1, 0.15) is 72.3 Å². The van der Waals surface area contributed by atoms with Crippen LogP contribution in [0.25, 0.3) is 56.4 Å². The van der Waals surface area contributed by atoms with Gasteiger partial charge in [0.15, 0.2) is 17.5 Å². The molecule has 4 nitrogen and oxygen atoms in total. The molecule has 5 aliphatic rings. The molecule has 6 aromatic carbocycles. The van der Waals surface area contributed by atoms with Gasteiger partial charge in [-0.1, -0.05) is 133 Å². The van der Waals surface area contributed by atoms with E-state index in [2.05, 4.69) is 121 Å². The molecule has 0 spiro atoms. The molecule has 0 amide bonds. The maximum Gasteiger partial charge on any atom is 0.164 e. The van der Waals surface area contributed by atoms with Crippen molar-refractivity contribution in [3.05, 3.63) is 173 Å². The molecule has 7 aromatic rings. The third-order valence-electron chi connectivity index (χ3n) is 13.2. The lowest BCUT2D eigenvalue weighted by Gasteiger charge is -2.57. The Morgan fingerprint density at radius 3 is 1.69 bits per heavy atom. The second-order valence-corrected chi connectivity index (χ2v) is 16.5. The molecule has 0 aliphatic heterocycles. The third-order valence-corrected chi connectivity index (χ3v) is 13.2. The molecule has 4 fully saturated rings. The van der Waals surface area contributed by atoms with Crippen molar-refractivity contribution in [2.45, 2.75) is 49.9 Å². The van der Waals surface area contributed by atoms with E-state index in [9.17, 15) is 5.26 Å². The molecule has 1 atom stereocenters. The van der Waals surface area contributed by atoms with E-state index in [-0.39, 0.29) is 5.92 Å². The maximum absolute atomic E-state index is 9.62. The SMILES string of the molecule is N#Cc1ccc2c(c1)-c1ccccc1C2c1ccc(-c2nc(-c3ccccc3)nc(-c3ccccc3-c3ccc(C45CC6CC(CC(C6)C4)C5)cc3)n2)cc1. The molecule has 0 saturated heterocycles. The summed E-state index contributed by atoms with van der Waals surface area (Å²) >= 11 is 0. The van der Waals surface area contributed by atoms with Crippen molar-refractivity contribution in [3.8, 4) is 62.5 Å². The zero-order chi connectivity index (χ0) is 36.5. The topological polar surface area (TPSA) is 62.5 Å². The van der Waals surface area contributed by atoms with E-state index in [0.717, 1.165) is 45.6 Å². The number of rotatable bonds is 6. The van der Waals surface area contributed by atoms with Crippen LogP contribution in [-0.2, 0) is 5.41 Å². The minimum absolute atomic E-state index is 0.0861. The predicted octanol–water partition coefficient (Wildman–Crippen LogP) is 12.0. The van der Waals surface area contributed by atoms with Gasteiger partial charge >= 0.3 is 0 Å². The Bertz CT molecular complexity index is 2600. The third kappa shape index (κ3) is 5.44. The average Bonchev–Trinajstić information content (AvgIpc) is 3.57. The van der Waals surface area contributed by atoms with Crippen LogP contribution in [0, 0.1) is 29.1 Å². The van der Waals surface area contributed by atoms with Crippen LogP contribution >= 0.6 is 0 Å². The second-order valence-electron chi connectivity index (χ2n) is 16.5. The van der Waals surface area contributed by atoms with E-state index in [0.29, 0.717) is 28.5 Å². The van der Waals surface area contributed by atoms with Crippen LogP contribution in [0.4, 0.5) is 0 Å². The highest BCUT2D eigenvalue weighted by Crippen LogP contribution is 2.61. The highest BCUT2D eigenvalue weighted by molar-refractivity contribution is 5.83. The number of hydrogen-bond donors (Lipinski definition) is 0. The molecule has 1 heterocycles. The first-order chi connectivity index (χ1) is 27.1. The fraction of sp³-hybridized carbons (Fsp3) is 0.216. The summed E-state index contributed by atoms with van der Waals surface area (Å²) in [5, 5.41) is 9.62. The van der Waals surface area contributed by atoms with Crippen molar-refractivity contribution in [1.82, 2.24) is 15.0 Å². The first-order valence-electron chi connectivity index (χ1n) is 19.9. The molecule has 1 unspecified atom stereocenters. The molecule has 5 aliphatic carbocycles. The monoisotopic (exact) mass is 708 g/mol. The summed E-state index contributed by atoms with van der Waals surface area (Å²) < 4.78 is 0. The van der Waals surface area contributed by atoms with Crippen LogP contribution in [0.3, 0.4) is 0 Å². The van der Waals surface area contributed by atoms with Gasteiger partial charge in [0.2, 0.25) is 0 Å². The molecule has 4 heteroatoms. The summed E-state index contributed by atoms with van der Waals surface area (Å²) in [6, 6.07) is 53.9. The van der Waals surface area contributed by atoms with Crippen molar-refractivity contribution < 1.29 is 0 Å². The molecule has 264 valence electrons. The van der Waals surface area contributed by atoms with Gasteiger partial charge in [-0.15, -0.1) is 0 Å². The van der Waals surface area contributed by atoms with Gasteiger partial charge in [0.25, 0.3) is 0 Å². The van der Waals surface area contributed by atoms with Crippen molar-refractivity contribution in [2.24, 2.45) is 17.8 Å². The fourth-order valence-corrected chi connectivity index (χ4v) is 11.2. The standard InChI is InChI=1S/C51H40N4/c52-31-32-14-23-44-46(27-32)42-11-5-6-12-43(42)47(44)37-15-17-39(18-16-37)49-53-48(38-8-2-1-3-9-38)54-50(55-49)45-13-7-4-10-41(45)36-19-21-40(22-20-36)51-28-33-24-34(29-51)26-35(25-33)30-51/h1-23,27,33-35,47H,24-26,28-30H2. The van der Waals surface area contributed by atoms with E-state index in [1.165, 1.54) is 66.3 Å². The van der Waals surface area contributed by atoms with Crippen molar-refractivity contribution in [2.75, 3.05) is 0 Å². The number of nitrogens with zero attached hydrogens (tertiary/aromatic N) is 4. The van der Waals surface area contributed by atoms with E-state index in [1.807, 2.05) is 30.3 Å². The Labute approximate surface area is 322 Å². The summed E-state index contributed by atoms with van der Waals surface area (Å²) in [6.07, 6.45) is 8.50. The minimum atomic E-state index is 0.0861. The van der Waals surface area contributed by atoms with Gasteiger partial charge in [-0.25, -0.2) is 15.0 Å². The molecule has 55 heavy (non-hydrogen) atoms. The Morgan fingerprint density at radius 2 is 1.02 bits per heavy atom.